The monoisotopic (exact) mass is 393 g/mol. The first-order chi connectivity index (χ1) is 11.5. The van der Waals surface area contributed by atoms with Crippen molar-refractivity contribution in [1.82, 2.24) is 4.90 Å². The van der Waals surface area contributed by atoms with E-state index in [1.165, 1.54) is 0 Å². The maximum Gasteiger partial charge on any atom is 0.123 e. The highest BCUT2D eigenvalue weighted by Crippen LogP contribution is 2.28. The third kappa shape index (κ3) is 5.23. The van der Waals surface area contributed by atoms with Gasteiger partial charge in [-0.2, -0.15) is 0 Å². The zero-order chi connectivity index (χ0) is 17.5. The summed E-state index contributed by atoms with van der Waals surface area (Å²) in [4.78, 5) is 2.09. The SMILES string of the molecule is COc1ccccc1[C@@H](C)N(C)C[C@@H](O)COc1ccc(Br)cc1. The van der Waals surface area contributed by atoms with Gasteiger partial charge in [0.25, 0.3) is 0 Å². The standard InChI is InChI=1S/C19H24BrNO3/c1-14(18-6-4-5-7-19(18)23-3)21(2)12-16(22)13-24-17-10-8-15(20)9-11-17/h4-11,14,16,22H,12-13H2,1-3H3/t14-,16-/m1/s1. The Morgan fingerprint density at radius 1 is 1.12 bits per heavy atom. The van der Waals surface area contributed by atoms with Crippen molar-refractivity contribution in [3.63, 3.8) is 0 Å². The minimum Gasteiger partial charge on any atom is -0.496 e. The number of halogens is 1. The van der Waals surface area contributed by atoms with Crippen molar-refractivity contribution in [1.29, 1.82) is 0 Å². The Morgan fingerprint density at radius 2 is 1.79 bits per heavy atom. The molecule has 24 heavy (non-hydrogen) atoms. The number of aliphatic hydroxyl groups is 1. The molecule has 0 saturated carbocycles. The van der Waals surface area contributed by atoms with Crippen LogP contribution in [0.5, 0.6) is 11.5 Å². The Hall–Kier alpha value is -1.56. The molecule has 0 aromatic heterocycles. The number of benzene rings is 2. The van der Waals surface area contributed by atoms with Crippen LogP contribution >= 0.6 is 15.9 Å². The van der Waals surface area contributed by atoms with E-state index in [4.69, 9.17) is 9.47 Å². The fourth-order valence-corrected chi connectivity index (χ4v) is 2.78. The van der Waals surface area contributed by atoms with E-state index in [1.807, 2.05) is 55.6 Å². The molecule has 0 aliphatic rings. The largest absolute Gasteiger partial charge is 0.496 e. The Morgan fingerprint density at radius 3 is 2.46 bits per heavy atom. The van der Waals surface area contributed by atoms with Crippen LogP contribution in [0.4, 0.5) is 0 Å². The molecule has 0 radical (unpaired) electrons. The molecule has 0 saturated heterocycles. The predicted octanol–water partition coefficient (Wildman–Crippen LogP) is 3.89. The maximum atomic E-state index is 10.3. The number of methoxy groups -OCH3 is 1. The number of ether oxygens (including phenoxy) is 2. The second kappa shape index (κ2) is 9.06. The topological polar surface area (TPSA) is 41.9 Å². The van der Waals surface area contributed by atoms with E-state index in [1.54, 1.807) is 7.11 Å². The predicted molar refractivity (Wildman–Crippen MR) is 99.7 cm³/mol. The summed E-state index contributed by atoms with van der Waals surface area (Å²) in [7, 11) is 3.66. The van der Waals surface area contributed by atoms with Crippen molar-refractivity contribution in [3.05, 3.63) is 58.6 Å². The summed E-state index contributed by atoms with van der Waals surface area (Å²) in [5.74, 6) is 1.61. The van der Waals surface area contributed by atoms with E-state index < -0.39 is 6.10 Å². The van der Waals surface area contributed by atoms with Gasteiger partial charge in [-0.3, -0.25) is 4.90 Å². The second-order valence-corrected chi connectivity index (χ2v) is 6.69. The summed E-state index contributed by atoms with van der Waals surface area (Å²) >= 11 is 3.39. The summed E-state index contributed by atoms with van der Waals surface area (Å²) in [5.41, 5.74) is 1.10. The van der Waals surface area contributed by atoms with Crippen LogP contribution in [0.15, 0.2) is 53.0 Å². The van der Waals surface area contributed by atoms with Crippen LogP contribution < -0.4 is 9.47 Å². The Kier molecular flexibility index (Phi) is 7.09. The summed E-state index contributed by atoms with van der Waals surface area (Å²) in [5, 5.41) is 10.3. The van der Waals surface area contributed by atoms with Crippen molar-refractivity contribution in [2.75, 3.05) is 27.3 Å². The highest BCUT2D eigenvalue weighted by atomic mass is 79.9. The fourth-order valence-electron chi connectivity index (χ4n) is 2.52. The molecule has 5 heteroatoms. The molecule has 0 amide bonds. The van der Waals surface area contributed by atoms with Gasteiger partial charge in [-0.25, -0.2) is 0 Å². The van der Waals surface area contributed by atoms with E-state index in [9.17, 15) is 5.11 Å². The lowest BCUT2D eigenvalue weighted by molar-refractivity contribution is 0.0650. The first-order valence-corrected chi connectivity index (χ1v) is 8.70. The normalized spacial score (nSPS) is 13.6. The highest BCUT2D eigenvalue weighted by Gasteiger charge is 2.18. The fraction of sp³-hybridized carbons (Fsp3) is 0.368. The van der Waals surface area contributed by atoms with Gasteiger partial charge in [-0.15, -0.1) is 0 Å². The molecular weight excluding hydrogens is 370 g/mol. The van der Waals surface area contributed by atoms with Crippen LogP contribution in [-0.4, -0.2) is 43.4 Å². The average Bonchev–Trinajstić information content (AvgIpc) is 2.60. The number of hydrogen-bond donors (Lipinski definition) is 1. The molecule has 0 fully saturated rings. The summed E-state index contributed by atoms with van der Waals surface area (Å²) < 4.78 is 12.1. The van der Waals surface area contributed by atoms with Gasteiger partial charge < -0.3 is 14.6 Å². The number of hydrogen-bond acceptors (Lipinski definition) is 4. The minimum atomic E-state index is -0.573. The molecular formula is C19H24BrNO3. The van der Waals surface area contributed by atoms with Crippen molar-refractivity contribution < 1.29 is 14.6 Å². The molecule has 0 unspecified atom stereocenters. The Balaban J connectivity index is 1.88. The van der Waals surface area contributed by atoms with E-state index in [-0.39, 0.29) is 12.6 Å². The Bertz CT molecular complexity index is 633. The molecule has 2 atom stereocenters. The second-order valence-electron chi connectivity index (χ2n) is 5.78. The lowest BCUT2D eigenvalue weighted by atomic mass is 10.1. The van der Waals surface area contributed by atoms with Crippen LogP contribution in [0, 0.1) is 0 Å². The van der Waals surface area contributed by atoms with Gasteiger partial charge in [0, 0.05) is 22.6 Å². The molecule has 130 valence electrons. The summed E-state index contributed by atoms with van der Waals surface area (Å²) in [6.07, 6.45) is -0.573. The molecule has 0 bridgehead atoms. The molecule has 0 heterocycles. The molecule has 1 N–H and O–H groups in total. The highest BCUT2D eigenvalue weighted by molar-refractivity contribution is 9.10. The van der Waals surface area contributed by atoms with Gasteiger partial charge in [0.15, 0.2) is 0 Å². The van der Waals surface area contributed by atoms with Crippen molar-refractivity contribution in [2.24, 2.45) is 0 Å². The van der Waals surface area contributed by atoms with Crippen molar-refractivity contribution in [3.8, 4) is 11.5 Å². The lowest BCUT2D eigenvalue weighted by Crippen LogP contribution is -2.34. The molecule has 0 aliphatic heterocycles. The molecule has 0 spiro atoms. The van der Waals surface area contributed by atoms with Crippen LogP contribution in [0.1, 0.15) is 18.5 Å². The smallest absolute Gasteiger partial charge is 0.123 e. The molecule has 2 aromatic carbocycles. The van der Waals surface area contributed by atoms with Crippen LogP contribution in [-0.2, 0) is 0 Å². The van der Waals surface area contributed by atoms with Gasteiger partial charge in [0.1, 0.15) is 24.2 Å². The van der Waals surface area contributed by atoms with Crippen LogP contribution in [0.25, 0.3) is 0 Å². The number of aliphatic hydroxyl groups excluding tert-OH is 1. The molecule has 2 aromatic rings. The van der Waals surface area contributed by atoms with Crippen molar-refractivity contribution in [2.45, 2.75) is 19.1 Å². The third-order valence-corrected chi connectivity index (χ3v) is 4.53. The van der Waals surface area contributed by atoms with E-state index in [0.29, 0.717) is 6.54 Å². The first-order valence-electron chi connectivity index (χ1n) is 7.91. The first kappa shape index (κ1) is 18.8. The quantitative estimate of drug-likeness (QED) is 0.738. The molecule has 0 aliphatic carbocycles. The van der Waals surface area contributed by atoms with Gasteiger partial charge in [0.05, 0.1) is 7.11 Å². The van der Waals surface area contributed by atoms with Crippen LogP contribution in [0.3, 0.4) is 0 Å². The third-order valence-electron chi connectivity index (χ3n) is 4.00. The summed E-state index contributed by atoms with van der Waals surface area (Å²) in [6, 6.07) is 15.6. The van der Waals surface area contributed by atoms with Gasteiger partial charge >= 0.3 is 0 Å². The maximum absolute atomic E-state index is 10.3. The number of para-hydroxylation sites is 1. The molecule has 4 nitrogen and oxygen atoms in total. The lowest BCUT2D eigenvalue weighted by Gasteiger charge is -2.28. The van der Waals surface area contributed by atoms with Gasteiger partial charge in [-0.05, 0) is 44.3 Å². The zero-order valence-electron chi connectivity index (χ0n) is 14.3. The number of rotatable bonds is 8. The molecule has 2 rings (SSSR count). The van der Waals surface area contributed by atoms with Gasteiger partial charge in [0.2, 0.25) is 0 Å². The summed E-state index contributed by atoms with van der Waals surface area (Å²) in [6.45, 7) is 2.86. The number of nitrogens with zero attached hydrogens (tertiary/aromatic N) is 1. The number of likely N-dealkylation sites (N-methyl/N-ethyl adjacent to an activating group) is 1. The average molecular weight is 394 g/mol. The van der Waals surface area contributed by atoms with Crippen LogP contribution in [0.2, 0.25) is 0 Å². The Labute approximate surface area is 152 Å². The zero-order valence-corrected chi connectivity index (χ0v) is 15.9. The van der Waals surface area contributed by atoms with Crippen molar-refractivity contribution >= 4 is 15.9 Å². The van der Waals surface area contributed by atoms with Gasteiger partial charge in [-0.1, -0.05) is 34.1 Å². The van der Waals surface area contributed by atoms with E-state index in [0.717, 1.165) is 21.5 Å². The van der Waals surface area contributed by atoms with E-state index in [2.05, 4.69) is 27.8 Å². The minimum absolute atomic E-state index is 0.128. The van der Waals surface area contributed by atoms with E-state index >= 15 is 0 Å².